The van der Waals surface area contributed by atoms with Crippen molar-refractivity contribution < 1.29 is 9.90 Å². The summed E-state index contributed by atoms with van der Waals surface area (Å²) in [5, 5.41) is 9.68. The second-order valence-electron chi connectivity index (χ2n) is 5.42. The Morgan fingerprint density at radius 1 is 1.09 bits per heavy atom. The van der Waals surface area contributed by atoms with E-state index in [9.17, 15) is 4.79 Å². The van der Waals surface area contributed by atoms with Crippen molar-refractivity contribution in [2.75, 3.05) is 23.7 Å². The Morgan fingerprint density at radius 2 is 1.73 bits per heavy atom. The number of fused-ring (bicyclic) bond motifs is 1. The summed E-state index contributed by atoms with van der Waals surface area (Å²) < 4.78 is 0. The first-order valence-electron chi connectivity index (χ1n) is 7.60. The number of rotatable bonds is 4. The van der Waals surface area contributed by atoms with Crippen LogP contribution in [0.3, 0.4) is 0 Å². The molecule has 1 fully saturated rings. The van der Waals surface area contributed by atoms with Crippen LogP contribution in [-0.2, 0) is 4.79 Å². The zero-order valence-electron chi connectivity index (χ0n) is 12.4. The van der Waals surface area contributed by atoms with Gasteiger partial charge in [0.1, 0.15) is 5.03 Å². The van der Waals surface area contributed by atoms with Crippen molar-refractivity contribution in [3.8, 4) is 0 Å². The third-order valence-electron chi connectivity index (χ3n) is 3.76. The smallest absolute Gasteiger partial charge is 0.313 e. The molecule has 0 aliphatic carbocycles. The van der Waals surface area contributed by atoms with E-state index in [0.717, 1.165) is 47.8 Å². The van der Waals surface area contributed by atoms with E-state index in [-0.39, 0.29) is 5.75 Å². The molecule has 1 aliphatic rings. The molecular weight excluding hydrogens is 298 g/mol. The Balaban J connectivity index is 1.99. The third kappa shape index (κ3) is 3.50. The molecule has 1 aromatic heterocycles. The van der Waals surface area contributed by atoms with Crippen LogP contribution in [-0.4, -0.2) is 39.9 Å². The molecular formula is C16H19N3O2S. The molecule has 1 aromatic carbocycles. The maximum Gasteiger partial charge on any atom is 0.313 e. The molecule has 0 bridgehead atoms. The molecule has 5 nitrogen and oxygen atoms in total. The molecule has 0 radical (unpaired) electrons. The summed E-state index contributed by atoms with van der Waals surface area (Å²) in [6, 6.07) is 7.75. The average molecular weight is 317 g/mol. The molecule has 116 valence electrons. The SMILES string of the molecule is O=C(O)CSc1nc2ccccc2nc1N1CCCCCC1. The Bertz CT molecular complexity index is 669. The number of nitrogens with zero attached hydrogens (tertiary/aromatic N) is 3. The van der Waals surface area contributed by atoms with Gasteiger partial charge in [-0.1, -0.05) is 36.7 Å². The van der Waals surface area contributed by atoms with Gasteiger partial charge in [-0.05, 0) is 25.0 Å². The molecule has 1 saturated heterocycles. The van der Waals surface area contributed by atoms with Gasteiger partial charge in [0.2, 0.25) is 0 Å². The highest BCUT2D eigenvalue weighted by atomic mass is 32.2. The van der Waals surface area contributed by atoms with Crippen LogP contribution in [0.1, 0.15) is 25.7 Å². The number of para-hydroxylation sites is 2. The van der Waals surface area contributed by atoms with Crippen molar-refractivity contribution >= 4 is 34.6 Å². The van der Waals surface area contributed by atoms with Gasteiger partial charge in [0, 0.05) is 13.1 Å². The van der Waals surface area contributed by atoms with Gasteiger partial charge < -0.3 is 10.0 Å². The minimum absolute atomic E-state index is 0.00780. The fourth-order valence-corrected chi connectivity index (χ4v) is 3.42. The van der Waals surface area contributed by atoms with Gasteiger partial charge in [0.05, 0.1) is 16.8 Å². The Hall–Kier alpha value is -1.82. The lowest BCUT2D eigenvalue weighted by atomic mass is 10.2. The molecule has 1 aliphatic heterocycles. The number of aromatic nitrogens is 2. The molecule has 1 N–H and O–H groups in total. The van der Waals surface area contributed by atoms with Crippen molar-refractivity contribution in [1.29, 1.82) is 0 Å². The highest BCUT2D eigenvalue weighted by molar-refractivity contribution is 8.00. The lowest BCUT2D eigenvalue weighted by Gasteiger charge is -2.23. The van der Waals surface area contributed by atoms with Gasteiger partial charge in [-0.3, -0.25) is 4.79 Å². The fourth-order valence-electron chi connectivity index (χ4n) is 2.69. The van der Waals surface area contributed by atoms with Gasteiger partial charge in [-0.25, -0.2) is 9.97 Å². The maximum atomic E-state index is 10.9. The van der Waals surface area contributed by atoms with Crippen LogP contribution in [0.4, 0.5) is 5.82 Å². The molecule has 22 heavy (non-hydrogen) atoms. The number of carbonyl (C=O) groups is 1. The summed E-state index contributed by atoms with van der Waals surface area (Å²) in [7, 11) is 0. The molecule has 0 spiro atoms. The first-order chi connectivity index (χ1) is 10.7. The number of carboxylic acids is 1. The number of aliphatic carboxylic acids is 1. The maximum absolute atomic E-state index is 10.9. The largest absolute Gasteiger partial charge is 0.481 e. The van der Waals surface area contributed by atoms with E-state index in [1.807, 2.05) is 24.3 Å². The van der Waals surface area contributed by atoms with Crippen molar-refractivity contribution in [2.24, 2.45) is 0 Å². The summed E-state index contributed by atoms with van der Waals surface area (Å²) in [4.78, 5) is 22.6. The topological polar surface area (TPSA) is 66.3 Å². The molecule has 0 saturated carbocycles. The second-order valence-corrected chi connectivity index (χ2v) is 6.39. The van der Waals surface area contributed by atoms with Crippen LogP contribution in [0.25, 0.3) is 11.0 Å². The monoisotopic (exact) mass is 317 g/mol. The molecule has 2 aromatic rings. The molecule has 0 atom stereocenters. The molecule has 0 unspecified atom stereocenters. The Labute approximate surface area is 133 Å². The highest BCUT2D eigenvalue weighted by Gasteiger charge is 2.18. The lowest BCUT2D eigenvalue weighted by Crippen LogP contribution is -2.26. The van der Waals surface area contributed by atoms with Gasteiger partial charge in [-0.2, -0.15) is 0 Å². The summed E-state index contributed by atoms with van der Waals surface area (Å²) in [5.41, 5.74) is 1.68. The van der Waals surface area contributed by atoms with Gasteiger partial charge in [0.15, 0.2) is 5.82 Å². The van der Waals surface area contributed by atoms with E-state index in [1.165, 1.54) is 24.6 Å². The number of hydrogen-bond donors (Lipinski definition) is 1. The third-order valence-corrected chi connectivity index (χ3v) is 4.70. The second kappa shape index (κ2) is 6.96. The van der Waals surface area contributed by atoms with Crippen molar-refractivity contribution in [3.63, 3.8) is 0 Å². The van der Waals surface area contributed by atoms with Crippen LogP contribution in [0.5, 0.6) is 0 Å². The molecule has 3 rings (SSSR count). The van der Waals surface area contributed by atoms with Crippen LogP contribution in [0, 0.1) is 0 Å². The number of benzene rings is 1. The fraction of sp³-hybridized carbons (Fsp3) is 0.438. The van der Waals surface area contributed by atoms with Crippen LogP contribution < -0.4 is 4.90 Å². The van der Waals surface area contributed by atoms with E-state index in [4.69, 9.17) is 10.1 Å². The van der Waals surface area contributed by atoms with E-state index in [2.05, 4.69) is 9.88 Å². The lowest BCUT2D eigenvalue weighted by molar-refractivity contribution is -0.133. The normalized spacial score (nSPS) is 15.7. The zero-order valence-corrected chi connectivity index (χ0v) is 13.2. The Kier molecular flexibility index (Phi) is 4.77. The van der Waals surface area contributed by atoms with Crippen LogP contribution in [0.2, 0.25) is 0 Å². The minimum atomic E-state index is -0.832. The standard InChI is InChI=1S/C16H19N3O2S/c20-14(21)11-22-16-15(19-9-5-1-2-6-10-19)17-12-7-3-4-8-13(12)18-16/h3-4,7-8H,1-2,5-6,9-11H2,(H,20,21). The summed E-state index contributed by atoms with van der Waals surface area (Å²) in [5.74, 6) is 0.0158. The van der Waals surface area contributed by atoms with Crippen LogP contribution >= 0.6 is 11.8 Å². The number of hydrogen-bond acceptors (Lipinski definition) is 5. The van der Waals surface area contributed by atoms with E-state index in [0.29, 0.717) is 0 Å². The molecule has 6 heteroatoms. The number of anilines is 1. The first kappa shape index (κ1) is 15.1. The van der Waals surface area contributed by atoms with Crippen molar-refractivity contribution in [2.45, 2.75) is 30.7 Å². The summed E-state index contributed by atoms with van der Waals surface area (Å²) in [6.45, 7) is 1.93. The van der Waals surface area contributed by atoms with E-state index in [1.54, 1.807) is 0 Å². The number of thioether (sulfide) groups is 1. The van der Waals surface area contributed by atoms with Crippen LogP contribution in [0.15, 0.2) is 29.3 Å². The van der Waals surface area contributed by atoms with Gasteiger partial charge >= 0.3 is 5.97 Å². The van der Waals surface area contributed by atoms with Gasteiger partial charge in [-0.15, -0.1) is 0 Å². The van der Waals surface area contributed by atoms with Crippen molar-refractivity contribution in [1.82, 2.24) is 9.97 Å². The first-order valence-corrected chi connectivity index (χ1v) is 8.59. The average Bonchev–Trinajstić information content (AvgIpc) is 2.81. The molecule has 2 heterocycles. The predicted molar refractivity (Wildman–Crippen MR) is 88.6 cm³/mol. The van der Waals surface area contributed by atoms with E-state index < -0.39 is 5.97 Å². The summed E-state index contributed by atoms with van der Waals surface area (Å²) >= 11 is 1.26. The van der Waals surface area contributed by atoms with Gasteiger partial charge in [0.25, 0.3) is 0 Å². The highest BCUT2D eigenvalue weighted by Crippen LogP contribution is 2.30. The quantitative estimate of drug-likeness (QED) is 0.874. The Morgan fingerprint density at radius 3 is 2.36 bits per heavy atom. The summed E-state index contributed by atoms with van der Waals surface area (Å²) in [6.07, 6.45) is 4.79. The predicted octanol–water partition coefficient (Wildman–Crippen LogP) is 3.19. The van der Waals surface area contributed by atoms with Crippen molar-refractivity contribution in [3.05, 3.63) is 24.3 Å². The number of carboxylic acid groups (broad SMARTS) is 1. The molecule has 0 amide bonds. The van der Waals surface area contributed by atoms with E-state index >= 15 is 0 Å². The minimum Gasteiger partial charge on any atom is -0.481 e. The zero-order chi connectivity index (χ0) is 15.4.